The van der Waals surface area contributed by atoms with Crippen LogP contribution in [0.15, 0.2) is 5.38 Å². The van der Waals surface area contributed by atoms with Crippen LogP contribution in [-0.4, -0.2) is 36.8 Å². The lowest BCUT2D eigenvalue weighted by atomic mass is 9.90. The smallest absolute Gasteiger partial charge is 0.185 e. The van der Waals surface area contributed by atoms with Crippen LogP contribution < -0.4 is 10.2 Å². The Labute approximate surface area is 125 Å². The van der Waals surface area contributed by atoms with E-state index in [0.29, 0.717) is 18.2 Å². The van der Waals surface area contributed by atoms with Crippen molar-refractivity contribution in [2.75, 3.05) is 24.6 Å². The van der Waals surface area contributed by atoms with Crippen LogP contribution in [0.4, 0.5) is 5.13 Å². The van der Waals surface area contributed by atoms with Crippen LogP contribution >= 0.6 is 11.3 Å². The molecule has 3 unspecified atom stereocenters. The SMILES string of the molecule is CCNC(C)c1csc(N2CCOC3CCCCC32)n1. The molecule has 4 nitrogen and oxygen atoms in total. The molecule has 1 aromatic heterocycles. The van der Waals surface area contributed by atoms with Gasteiger partial charge in [0.1, 0.15) is 0 Å². The maximum atomic E-state index is 5.95. The number of nitrogens with zero attached hydrogens (tertiary/aromatic N) is 2. The summed E-state index contributed by atoms with van der Waals surface area (Å²) >= 11 is 1.79. The van der Waals surface area contributed by atoms with E-state index in [0.717, 1.165) is 19.7 Å². The molecule has 0 bridgehead atoms. The Hall–Kier alpha value is -0.650. The second-order valence-electron chi connectivity index (χ2n) is 5.79. The van der Waals surface area contributed by atoms with Gasteiger partial charge >= 0.3 is 0 Å². The first-order chi connectivity index (χ1) is 9.79. The molecule has 3 rings (SSSR count). The summed E-state index contributed by atoms with van der Waals surface area (Å²) in [5.41, 5.74) is 1.17. The molecule has 2 fully saturated rings. The number of rotatable bonds is 4. The number of morpholine rings is 1. The molecule has 1 aliphatic heterocycles. The molecule has 0 aromatic carbocycles. The van der Waals surface area contributed by atoms with E-state index in [2.05, 4.69) is 29.4 Å². The standard InChI is InChI=1S/C15H25N3OS/c1-3-16-11(2)12-10-20-15(17-12)18-8-9-19-14-7-5-4-6-13(14)18/h10-11,13-14,16H,3-9H2,1-2H3. The van der Waals surface area contributed by atoms with Crippen molar-refractivity contribution in [2.45, 2.75) is 57.7 Å². The van der Waals surface area contributed by atoms with Crippen molar-refractivity contribution in [2.24, 2.45) is 0 Å². The van der Waals surface area contributed by atoms with E-state index >= 15 is 0 Å². The third kappa shape index (κ3) is 2.85. The van der Waals surface area contributed by atoms with Gasteiger partial charge in [-0.05, 0) is 26.3 Å². The number of ether oxygens (including phenoxy) is 1. The summed E-state index contributed by atoms with van der Waals surface area (Å²) in [7, 11) is 0. The average molecular weight is 295 g/mol. The largest absolute Gasteiger partial charge is 0.374 e. The Morgan fingerprint density at radius 2 is 2.35 bits per heavy atom. The van der Waals surface area contributed by atoms with E-state index in [1.54, 1.807) is 11.3 Å². The number of thiazole rings is 1. The number of hydrogen-bond donors (Lipinski definition) is 1. The summed E-state index contributed by atoms with van der Waals surface area (Å²) in [5.74, 6) is 0. The molecule has 1 aliphatic carbocycles. The van der Waals surface area contributed by atoms with Crippen LogP contribution in [0.25, 0.3) is 0 Å². The topological polar surface area (TPSA) is 37.4 Å². The zero-order valence-electron chi connectivity index (χ0n) is 12.5. The average Bonchev–Trinajstić information content (AvgIpc) is 2.97. The van der Waals surface area contributed by atoms with Gasteiger partial charge < -0.3 is 15.0 Å². The molecule has 1 saturated heterocycles. The lowest BCUT2D eigenvalue weighted by molar-refractivity contribution is -0.00870. The maximum Gasteiger partial charge on any atom is 0.185 e. The molecule has 1 aromatic rings. The van der Waals surface area contributed by atoms with E-state index in [-0.39, 0.29) is 0 Å². The Morgan fingerprint density at radius 1 is 1.50 bits per heavy atom. The van der Waals surface area contributed by atoms with Crippen LogP contribution in [0.1, 0.15) is 51.3 Å². The molecule has 0 spiro atoms. The maximum absolute atomic E-state index is 5.95. The Morgan fingerprint density at radius 3 is 3.20 bits per heavy atom. The van der Waals surface area contributed by atoms with Gasteiger partial charge in [0.05, 0.1) is 24.4 Å². The van der Waals surface area contributed by atoms with Crippen molar-refractivity contribution in [3.8, 4) is 0 Å². The first kappa shape index (κ1) is 14.3. The number of fused-ring (bicyclic) bond motifs is 1. The highest BCUT2D eigenvalue weighted by Crippen LogP contribution is 2.34. The lowest BCUT2D eigenvalue weighted by Crippen LogP contribution is -2.52. The fraction of sp³-hybridized carbons (Fsp3) is 0.800. The third-order valence-electron chi connectivity index (χ3n) is 4.44. The van der Waals surface area contributed by atoms with Gasteiger partial charge in [-0.1, -0.05) is 19.8 Å². The highest BCUT2D eigenvalue weighted by atomic mass is 32.1. The molecule has 1 saturated carbocycles. The fourth-order valence-corrected chi connectivity index (χ4v) is 4.35. The lowest BCUT2D eigenvalue weighted by Gasteiger charge is -2.43. The van der Waals surface area contributed by atoms with Crippen molar-refractivity contribution in [1.29, 1.82) is 0 Å². The van der Waals surface area contributed by atoms with Crippen LogP contribution in [0.3, 0.4) is 0 Å². The van der Waals surface area contributed by atoms with Crippen molar-refractivity contribution in [3.05, 3.63) is 11.1 Å². The Bertz CT molecular complexity index is 435. The Balaban J connectivity index is 1.74. The van der Waals surface area contributed by atoms with E-state index in [1.807, 2.05) is 0 Å². The minimum Gasteiger partial charge on any atom is -0.374 e. The van der Waals surface area contributed by atoms with Crippen LogP contribution in [0.2, 0.25) is 0 Å². The van der Waals surface area contributed by atoms with Crippen molar-refractivity contribution >= 4 is 16.5 Å². The number of anilines is 1. The van der Waals surface area contributed by atoms with E-state index in [1.165, 1.54) is 36.5 Å². The monoisotopic (exact) mass is 295 g/mol. The molecule has 1 N–H and O–H groups in total. The molecule has 0 amide bonds. The second kappa shape index (κ2) is 6.41. The molecule has 5 heteroatoms. The van der Waals surface area contributed by atoms with Crippen LogP contribution in [0, 0.1) is 0 Å². The van der Waals surface area contributed by atoms with Gasteiger partial charge in [-0.25, -0.2) is 4.98 Å². The molecular formula is C15H25N3OS. The molecule has 112 valence electrons. The predicted octanol–water partition coefficient (Wildman–Crippen LogP) is 2.96. The van der Waals surface area contributed by atoms with Crippen molar-refractivity contribution < 1.29 is 4.74 Å². The van der Waals surface area contributed by atoms with E-state index in [4.69, 9.17) is 9.72 Å². The van der Waals surface area contributed by atoms with Gasteiger partial charge in [-0.3, -0.25) is 0 Å². The molecule has 0 radical (unpaired) electrons. The zero-order chi connectivity index (χ0) is 13.9. The summed E-state index contributed by atoms with van der Waals surface area (Å²) in [6.07, 6.45) is 5.54. The van der Waals surface area contributed by atoms with Gasteiger partial charge in [-0.15, -0.1) is 11.3 Å². The first-order valence-corrected chi connectivity index (χ1v) is 8.74. The van der Waals surface area contributed by atoms with E-state index in [9.17, 15) is 0 Å². The van der Waals surface area contributed by atoms with Gasteiger partial charge in [0.15, 0.2) is 5.13 Å². The normalized spacial score (nSPS) is 28.2. The van der Waals surface area contributed by atoms with Crippen LogP contribution in [0.5, 0.6) is 0 Å². The first-order valence-electron chi connectivity index (χ1n) is 7.86. The second-order valence-corrected chi connectivity index (χ2v) is 6.63. The Kier molecular flexibility index (Phi) is 4.58. The molecule has 2 heterocycles. The van der Waals surface area contributed by atoms with Gasteiger partial charge in [-0.2, -0.15) is 0 Å². The zero-order valence-corrected chi connectivity index (χ0v) is 13.3. The van der Waals surface area contributed by atoms with Gasteiger partial charge in [0, 0.05) is 18.0 Å². The van der Waals surface area contributed by atoms with Crippen molar-refractivity contribution in [3.63, 3.8) is 0 Å². The quantitative estimate of drug-likeness (QED) is 0.926. The van der Waals surface area contributed by atoms with Gasteiger partial charge in [0.2, 0.25) is 0 Å². The van der Waals surface area contributed by atoms with Crippen LogP contribution in [-0.2, 0) is 4.74 Å². The third-order valence-corrected chi connectivity index (χ3v) is 5.34. The minimum absolute atomic E-state index is 0.341. The molecular weight excluding hydrogens is 270 g/mol. The van der Waals surface area contributed by atoms with E-state index < -0.39 is 0 Å². The predicted molar refractivity (Wildman–Crippen MR) is 83.5 cm³/mol. The van der Waals surface area contributed by atoms with Gasteiger partial charge in [0.25, 0.3) is 0 Å². The number of nitrogens with one attached hydrogen (secondary N) is 1. The van der Waals surface area contributed by atoms with Crippen molar-refractivity contribution in [1.82, 2.24) is 10.3 Å². The summed E-state index contributed by atoms with van der Waals surface area (Å²) in [4.78, 5) is 7.37. The summed E-state index contributed by atoms with van der Waals surface area (Å²) in [6, 6.07) is 0.888. The molecule has 20 heavy (non-hydrogen) atoms. The summed E-state index contributed by atoms with van der Waals surface area (Å²) in [5, 5.41) is 6.82. The number of aromatic nitrogens is 1. The minimum atomic E-state index is 0.341. The fourth-order valence-electron chi connectivity index (χ4n) is 3.35. The summed E-state index contributed by atoms with van der Waals surface area (Å²) in [6.45, 7) is 7.14. The number of hydrogen-bond acceptors (Lipinski definition) is 5. The highest BCUT2D eigenvalue weighted by molar-refractivity contribution is 7.13. The highest BCUT2D eigenvalue weighted by Gasteiger charge is 2.35. The molecule has 3 atom stereocenters. The summed E-state index contributed by atoms with van der Waals surface area (Å²) < 4.78 is 5.95. The molecule has 2 aliphatic rings.